The second-order valence-electron chi connectivity index (χ2n) is 1.29. The topological polar surface area (TPSA) is 71.0 Å². The van der Waals surface area contributed by atoms with Crippen LogP contribution in [0.2, 0.25) is 0 Å². The van der Waals surface area contributed by atoms with Crippen LogP contribution in [0.5, 0.6) is 0 Å². The van der Waals surface area contributed by atoms with Crippen LogP contribution in [-0.2, 0) is 0 Å². The van der Waals surface area contributed by atoms with Crippen molar-refractivity contribution in [3.8, 4) is 0 Å². The van der Waals surface area contributed by atoms with Crippen molar-refractivity contribution in [3.63, 3.8) is 0 Å². The van der Waals surface area contributed by atoms with Gasteiger partial charge in [-0.05, 0) is 6.92 Å². The zero-order valence-corrected chi connectivity index (χ0v) is 4.92. The maximum Gasteiger partial charge on any atom is 0.183 e. The number of hydrogen-bond acceptors (Lipinski definition) is 3. The number of hydrogen-bond donors (Lipinski definition) is 2. The molecule has 8 heavy (non-hydrogen) atoms. The summed E-state index contributed by atoms with van der Waals surface area (Å²) in [4.78, 5) is 3.66. The first-order valence-electron chi connectivity index (χ1n) is 2.13. The second kappa shape index (κ2) is 3.01. The molecule has 0 spiro atoms. The Morgan fingerprint density at radius 3 is 2.25 bits per heavy atom. The third-order valence-electron chi connectivity index (χ3n) is 0.814. The first-order valence-corrected chi connectivity index (χ1v) is 2.13. The summed E-state index contributed by atoms with van der Waals surface area (Å²) in [5, 5.41) is 10.7. The van der Waals surface area contributed by atoms with Gasteiger partial charge >= 0.3 is 0 Å². The molecule has 3 N–H and O–H groups in total. The molecule has 0 aromatic rings. The summed E-state index contributed by atoms with van der Waals surface area (Å²) in [6.45, 7) is 1.66. The Bertz CT molecular complexity index is 111. The van der Waals surface area contributed by atoms with E-state index in [0.29, 0.717) is 5.71 Å². The number of amidine groups is 1. The van der Waals surface area contributed by atoms with Gasteiger partial charge in [-0.1, -0.05) is 5.16 Å². The Kier molecular flexibility index (Phi) is 2.61. The molecule has 0 aliphatic heterocycles. The predicted octanol–water partition coefficient (Wildman–Crippen LogP) is -0.176. The van der Waals surface area contributed by atoms with Crippen LogP contribution in [0, 0.1) is 0 Å². The highest BCUT2D eigenvalue weighted by Gasteiger charge is 1.92. The normalized spacial score (nSPS) is 14.2. The van der Waals surface area contributed by atoms with Gasteiger partial charge in [0.2, 0.25) is 0 Å². The van der Waals surface area contributed by atoms with E-state index in [2.05, 4.69) is 10.1 Å². The monoisotopic (exact) mass is 115 g/mol. The van der Waals surface area contributed by atoms with Gasteiger partial charge in [0.05, 0.1) is 5.71 Å². The quantitative estimate of drug-likeness (QED) is 0.215. The minimum atomic E-state index is 0.0625. The van der Waals surface area contributed by atoms with Crippen molar-refractivity contribution in [2.75, 3.05) is 7.05 Å². The molecule has 0 fully saturated rings. The van der Waals surface area contributed by atoms with Crippen LogP contribution in [0.4, 0.5) is 0 Å². The summed E-state index contributed by atoms with van der Waals surface area (Å²) < 4.78 is 0. The van der Waals surface area contributed by atoms with E-state index in [1.165, 1.54) is 0 Å². The first-order chi connectivity index (χ1) is 3.72. The average Bonchev–Trinajstić information content (AvgIpc) is 1.84. The lowest BCUT2D eigenvalue weighted by Crippen LogP contribution is -2.20. The predicted molar refractivity (Wildman–Crippen MR) is 32.4 cm³/mol. The summed E-state index contributed by atoms with van der Waals surface area (Å²) in [6.07, 6.45) is 0. The Labute approximate surface area is 47.7 Å². The standard InChI is InChI=1S/C4H9N3O/c1-3(6-2)4(5)7-8/h8H,1-2H3,(H2,5,7). The second-order valence-corrected chi connectivity index (χ2v) is 1.29. The molecule has 0 aromatic carbocycles. The molecule has 4 nitrogen and oxygen atoms in total. The van der Waals surface area contributed by atoms with Crippen LogP contribution < -0.4 is 5.73 Å². The molecule has 0 atom stereocenters. The van der Waals surface area contributed by atoms with Gasteiger partial charge in [-0.15, -0.1) is 0 Å². The SMILES string of the molecule is CN=C(C)/C(N)=N\O. The molecule has 4 heteroatoms. The van der Waals surface area contributed by atoms with Crippen molar-refractivity contribution in [2.45, 2.75) is 6.92 Å². The highest BCUT2D eigenvalue weighted by molar-refractivity contribution is 6.39. The molecule has 0 saturated carbocycles. The number of aliphatic imine (C=N–C) groups is 1. The zero-order chi connectivity index (χ0) is 6.57. The van der Waals surface area contributed by atoms with Crippen molar-refractivity contribution < 1.29 is 5.21 Å². The van der Waals surface area contributed by atoms with Crippen LogP contribution in [0.25, 0.3) is 0 Å². The minimum Gasteiger partial charge on any atom is -0.409 e. The molecular formula is C4H9N3O. The number of nitrogens with two attached hydrogens (primary N) is 1. The van der Waals surface area contributed by atoms with Gasteiger partial charge in [-0.3, -0.25) is 4.99 Å². The Morgan fingerprint density at radius 1 is 1.62 bits per heavy atom. The van der Waals surface area contributed by atoms with Gasteiger partial charge in [-0.2, -0.15) is 0 Å². The van der Waals surface area contributed by atoms with Crippen molar-refractivity contribution in [1.82, 2.24) is 0 Å². The first kappa shape index (κ1) is 6.94. The van der Waals surface area contributed by atoms with Crippen LogP contribution in [0.15, 0.2) is 10.1 Å². The van der Waals surface area contributed by atoms with Crippen LogP contribution in [-0.4, -0.2) is 23.8 Å². The maximum absolute atomic E-state index is 8.02. The lowest BCUT2D eigenvalue weighted by Gasteiger charge is -1.90. The zero-order valence-electron chi connectivity index (χ0n) is 4.92. The fraction of sp³-hybridized carbons (Fsp3) is 0.500. The summed E-state index contributed by atoms with van der Waals surface area (Å²) in [5.41, 5.74) is 5.63. The molecule has 0 bridgehead atoms. The Morgan fingerprint density at radius 2 is 2.12 bits per heavy atom. The van der Waals surface area contributed by atoms with Crippen molar-refractivity contribution in [2.24, 2.45) is 15.9 Å². The van der Waals surface area contributed by atoms with Gasteiger partial charge in [0, 0.05) is 7.05 Å². The van der Waals surface area contributed by atoms with E-state index in [9.17, 15) is 0 Å². The van der Waals surface area contributed by atoms with Gasteiger partial charge in [-0.25, -0.2) is 0 Å². The lowest BCUT2D eigenvalue weighted by molar-refractivity contribution is 0.319. The molecule has 0 heterocycles. The fourth-order valence-electron chi connectivity index (χ4n) is 0.187. The van der Waals surface area contributed by atoms with E-state index in [-0.39, 0.29) is 5.84 Å². The highest BCUT2D eigenvalue weighted by atomic mass is 16.4. The smallest absolute Gasteiger partial charge is 0.183 e. The van der Waals surface area contributed by atoms with Crippen molar-refractivity contribution in [3.05, 3.63) is 0 Å². The fourth-order valence-corrected chi connectivity index (χ4v) is 0.187. The van der Waals surface area contributed by atoms with Crippen LogP contribution in [0.1, 0.15) is 6.92 Å². The largest absolute Gasteiger partial charge is 0.409 e. The van der Waals surface area contributed by atoms with Crippen LogP contribution in [0.3, 0.4) is 0 Å². The summed E-state index contributed by atoms with van der Waals surface area (Å²) in [6, 6.07) is 0. The van der Waals surface area contributed by atoms with E-state index in [0.717, 1.165) is 0 Å². The van der Waals surface area contributed by atoms with E-state index < -0.39 is 0 Å². The number of oxime groups is 1. The molecule has 0 amide bonds. The minimum absolute atomic E-state index is 0.0625. The van der Waals surface area contributed by atoms with E-state index in [4.69, 9.17) is 10.9 Å². The molecule has 0 aromatic heterocycles. The van der Waals surface area contributed by atoms with Gasteiger partial charge in [0.25, 0.3) is 0 Å². The molecule has 0 aliphatic carbocycles. The third kappa shape index (κ3) is 1.59. The van der Waals surface area contributed by atoms with Crippen LogP contribution >= 0.6 is 0 Å². The van der Waals surface area contributed by atoms with Gasteiger partial charge in [0.1, 0.15) is 0 Å². The highest BCUT2D eigenvalue weighted by Crippen LogP contribution is 1.72. The molecule has 0 aliphatic rings. The van der Waals surface area contributed by atoms with Crippen molar-refractivity contribution in [1.29, 1.82) is 0 Å². The average molecular weight is 115 g/mol. The lowest BCUT2D eigenvalue weighted by atomic mass is 10.4. The molecule has 46 valence electrons. The van der Waals surface area contributed by atoms with Gasteiger partial charge < -0.3 is 10.9 Å². The molecule has 0 rings (SSSR count). The molecule has 0 radical (unpaired) electrons. The maximum atomic E-state index is 8.02. The number of nitrogens with zero attached hydrogens (tertiary/aromatic N) is 2. The summed E-state index contributed by atoms with van der Waals surface area (Å²) >= 11 is 0. The summed E-state index contributed by atoms with van der Waals surface area (Å²) in [7, 11) is 1.58. The van der Waals surface area contributed by atoms with Crippen molar-refractivity contribution >= 4 is 11.5 Å². The molecule has 0 saturated heterocycles. The van der Waals surface area contributed by atoms with E-state index in [1.54, 1.807) is 14.0 Å². The Hall–Kier alpha value is -1.06. The molecular weight excluding hydrogens is 106 g/mol. The molecule has 0 unspecified atom stereocenters. The van der Waals surface area contributed by atoms with Gasteiger partial charge in [0.15, 0.2) is 5.84 Å². The van der Waals surface area contributed by atoms with E-state index in [1.807, 2.05) is 0 Å². The number of rotatable bonds is 1. The third-order valence-corrected chi connectivity index (χ3v) is 0.814. The van der Waals surface area contributed by atoms with E-state index >= 15 is 0 Å². The summed E-state index contributed by atoms with van der Waals surface area (Å²) in [5.74, 6) is 0.0625. The Balaban J connectivity index is 4.04.